The van der Waals surface area contributed by atoms with E-state index in [0.29, 0.717) is 11.0 Å². The first-order valence-corrected chi connectivity index (χ1v) is 5.52. The molecule has 0 amide bonds. The highest BCUT2D eigenvalue weighted by Gasteiger charge is 2.07. The molecule has 1 N–H and O–H groups in total. The summed E-state index contributed by atoms with van der Waals surface area (Å²) in [6, 6.07) is 6.34. The molecule has 5 heteroatoms. The first-order chi connectivity index (χ1) is 8.15. The van der Waals surface area contributed by atoms with Crippen LogP contribution in [0.5, 0.6) is 0 Å². The van der Waals surface area contributed by atoms with E-state index < -0.39 is 0 Å². The Labute approximate surface area is 104 Å². The van der Waals surface area contributed by atoms with Crippen molar-refractivity contribution in [3.63, 3.8) is 0 Å². The van der Waals surface area contributed by atoms with Gasteiger partial charge in [0.05, 0.1) is 18.4 Å². The van der Waals surface area contributed by atoms with Crippen LogP contribution in [0.25, 0.3) is 0 Å². The van der Waals surface area contributed by atoms with Gasteiger partial charge < -0.3 is 5.32 Å². The monoisotopic (exact) mass is 251 g/mol. The predicted octanol–water partition coefficient (Wildman–Crippen LogP) is 3.44. The highest BCUT2D eigenvalue weighted by molar-refractivity contribution is 6.29. The number of anilines is 1. The van der Waals surface area contributed by atoms with Gasteiger partial charge in [-0.1, -0.05) is 23.7 Å². The summed E-state index contributed by atoms with van der Waals surface area (Å²) in [7, 11) is 0. The maximum atomic E-state index is 13.1. The van der Waals surface area contributed by atoms with E-state index in [1.807, 2.05) is 13.0 Å². The van der Waals surface area contributed by atoms with E-state index >= 15 is 0 Å². The third kappa shape index (κ3) is 3.14. The Hall–Kier alpha value is -1.68. The zero-order chi connectivity index (χ0) is 12.3. The number of nitrogens with zero attached hydrogens (tertiary/aromatic N) is 2. The van der Waals surface area contributed by atoms with Crippen molar-refractivity contribution >= 4 is 17.4 Å². The minimum atomic E-state index is -0.256. The average molecular weight is 252 g/mol. The largest absolute Gasteiger partial charge is 0.362 e. The number of hydrogen-bond acceptors (Lipinski definition) is 3. The molecular formula is C12H11ClFN3. The van der Waals surface area contributed by atoms with E-state index in [9.17, 15) is 4.39 Å². The minimum Gasteiger partial charge on any atom is -0.362 e. The van der Waals surface area contributed by atoms with Crippen molar-refractivity contribution in [2.75, 3.05) is 5.32 Å². The van der Waals surface area contributed by atoms with Crippen molar-refractivity contribution < 1.29 is 4.39 Å². The normalized spacial score (nSPS) is 12.2. The lowest BCUT2D eigenvalue weighted by Crippen LogP contribution is -2.08. The molecule has 1 atom stereocenters. The number of rotatable bonds is 3. The van der Waals surface area contributed by atoms with Crippen LogP contribution in [0, 0.1) is 5.82 Å². The fourth-order valence-corrected chi connectivity index (χ4v) is 1.64. The van der Waals surface area contributed by atoms with Crippen molar-refractivity contribution in [3.8, 4) is 0 Å². The predicted molar refractivity (Wildman–Crippen MR) is 65.5 cm³/mol. The molecular weight excluding hydrogens is 241 g/mol. The molecule has 3 nitrogen and oxygen atoms in total. The van der Waals surface area contributed by atoms with E-state index in [1.54, 1.807) is 12.3 Å². The lowest BCUT2D eigenvalue weighted by atomic mass is 10.1. The van der Waals surface area contributed by atoms with Crippen LogP contribution in [0.1, 0.15) is 18.5 Å². The van der Waals surface area contributed by atoms with Gasteiger partial charge in [-0.05, 0) is 24.6 Å². The van der Waals surface area contributed by atoms with E-state index in [0.717, 1.165) is 5.56 Å². The maximum absolute atomic E-state index is 13.1. The Bertz CT molecular complexity index is 519. The van der Waals surface area contributed by atoms with Crippen molar-refractivity contribution in [3.05, 3.63) is 53.2 Å². The van der Waals surface area contributed by atoms with Gasteiger partial charge in [0.2, 0.25) is 0 Å². The van der Waals surface area contributed by atoms with Crippen LogP contribution in [0.2, 0.25) is 5.15 Å². The van der Waals surface area contributed by atoms with Crippen LogP contribution in [0.3, 0.4) is 0 Å². The number of benzene rings is 1. The molecule has 0 spiro atoms. The molecule has 1 aromatic heterocycles. The standard InChI is InChI=1S/C12H11ClFN3/c1-8(9-3-2-4-10(14)5-9)16-12-7-15-6-11(13)17-12/h2-8H,1H3,(H,16,17)/t8-/m0/s1. The molecule has 0 radical (unpaired) electrons. The summed E-state index contributed by atoms with van der Waals surface area (Å²) >= 11 is 5.73. The molecule has 0 unspecified atom stereocenters. The molecule has 1 heterocycles. The Morgan fingerprint density at radius 2 is 2.18 bits per heavy atom. The van der Waals surface area contributed by atoms with Crippen LogP contribution in [0.15, 0.2) is 36.7 Å². The SMILES string of the molecule is C[C@H](Nc1cncc(Cl)n1)c1cccc(F)c1. The van der Waals surface area contributed by atoms with Crippen LogP contribution < -0.4 is 5.32 Å². The molecule has 17 heavy (non-hydrogen) atoms. The van der Waals surface area contributed by atoms with Crippen LogP contribution in [-0.2, 0) is 0 Å². The second-order valence-corrected chi connectivity index (χ2v) is 4.04. The number of nitrogens with one attached hydrogen (secondary N) is 1. The number of hydrogen-bond donors (Lipinski definition) is 1. The lowest BCUT2D eigenvalue weighted by molar-refractivity contribution is 0.623. The summed E-state index contributed by atoms with van der Waals surface area (Å²) in [6.45, 7) is 1.91. The van der Waals surface area contributed by atoms with Gasteiger partial charge in [-0.25, -0.2) is 9.37 Å². The molecule has 0 saturated heterocycles. The second-order valence-electron chi connectivity index (χ2n) is 3.65. The summed E-state index contributed by atoms with van der Waals surface area (Å²) in [4.78, 5) is 7.98. The average Bonchev–Trinajstić information content (AvgIpc) is 2.29. The molecule has 2 aromatic rings. The molecule has 2 rings (SSSR count). The van der Waals surface area contributed by atoms with E-state index in [2.05, 4.69) is 15.3 Å². The third-order valence-electron chi connectivity index (χ3n) is 2.32. The van der Waals surface area contributed by atoms with Gasteiger partial charge >= 0.3 is 0 Å². The van der Waals surface area contributed by atoms with Gasteiger partial charge in [0.15, 0.2) is 0 Å². The van der Waals surface area contributed by atoms with Gasteiger partial charge in [0, 0.05) is 0 Å². The molecule has 1 aromatic carbocycles. The minimum absolute atomic E-state index is 0.0709. The molecule has 88 valence electrons. The van der Waals surface area contributed by atoms with Crippen molar-refractivity contribution in [2.45, 2.75) is 13.0 Å². The topological polar surface area (TPSA) is 37.8 Å². The van der Waals surface area contributed by atoms with Crippen molar-refractivity contribution in [1.82, 2.24) is 9.97 Å². The van der Waals surface area contributed by atoms with Gasteiger partial charge in [0.1, 0.15) is 16.8 Å². The third-order valence-corrected chi connectivity index (χ3v) is 2.50. The highest BCUT2D eigenvalue weighted by atomic mass is 35.5. The molecule has 0 fully saturated rings. The summed E-state index contributed by atoms with van der Waals surface area (Å²) < 4.78 is 13.1. The number of halogens is 2. The molecule has 0 aliphatic heterocycles. The van der Waals surface area contributed by atoms with Crippen molar-refractivity contribution in [2.24, 2.45) is 0 Å². The smallest absolute Gasteiger partial charge is 0.149 e. The quantitative estimate of drug-likeness (QED) is 0.908. The lowest BCUT2D eigenvalue weighted by Gasteiger charge is -2.14. The zero-order valence-corrected chi connectivity index (χ0v) is 9.95. The van der Waals surface area contributed by atoms with E-state index in [-0.39, 0.29) is 11.9 Å². The van der Waals surface area contributed by atoms with Crippen molar-refractivity contribution in [1.29, 1.82) is 0 Å². The Morgan fingerprint density at radius 3 is 2.88 bits per heavy atom. The van der Waals surface area contributed by atoms with Gasteiger partial charge in [-0.3, -0.25) is 4.98 Å². The second kappa shape index (κ2) is 5.10. The fraction of sp³-hybridized carbons (Fsp3) is 0.167. The summed E-state index contributed by atoms with van der Waals surface area (Å²) in [5.74, 6) is 0.308. The molecule has 0 saturated carbocycles. The summed E-state index contributed by atoms with van der Waals surface area (Å²) in [5, 5.41) is 3.42. The molecule has 0 aliphatic carbocycles. The summed E-state index contributed by atoms with van der Waals surface area (Å²) in [5.41, 5.74) is 0.840. The first kappa shape index (κ1) is 11.8. The summed E-state index contributed by atoms with van der Waals surface area (Å²) in [6.07, 6.45) is 3.03. The first-order valence-electron chi connectivity index (χ1n) is 5.14. The Balaban J connectivity index is 2.14. The van der Waals surface area contributed by atoms with Crippen LogP contribution in [0.4, 0.5) is 10.2 Å². The zero-order valence-electron chi connectivity index (χ0n) is 9.19. The van der Waals surface area contributed by atoms with Gasteiger partial charge in [0.25, 0.3) is 0 Å². The fourth-order valence-electron chi connectivity index (χ4n) is 1.49. The number of aromatic nitrogens is 2. The van der Waals surface area contributed by atoms with E-state index in [1.165, 1.54) is 18.3 Å². The van der Waals surface area contributed by atoms with Crippen LogP contribution in [-0.4, -0.2) is 9.97 Å². The van der Waals surface area contributed by atoms with Crippen LogP contribution >= 0.6 is 11.6 Å². The highest BCUT2D eigenvalue weighted by Crippen LogP contribution is 2.18. The van der Waals surface area contributed by atoms with Gasteiger partial charge in [-0.2, -0.15) is 0 Å². The van der Waals surface area contributed by atoms with Gasteiger partial charge in [-0.15, -0.1) is 0 Å². The Morgan fingerprint density at radius 1 is 1.35 bits per heavy atom. The molecule has 0 aliphatic rings. The van der Waals surface area contributed by atoms with E-state index in [4.69, 9.17) is 11.6 Å². The molecule has 0 bridgehead atoms. The Kier molecular flexibility index (Phi) is 3.54. The maximum Gasteiger partial charge on any atom is 0.149 e.